The van der Waals surface area contributed by atoms with Gasteiger partial charge in [0.25, 0.3) is 0 Å². The first-order valence-electron chi connectivity index (χ1n) is 5.54. The van der Waals surface area contributed by atoms with Crippen LogP contribution in [0.25, 0.3) is 0 Å². The normalized spacial score (nSPS) is 33.7. The minimum absolute atomic E-state index is 0.419. The lowest BCUT2D eigenvalue weighted by molar-refractivity contribution is -0.159. The van der Waals surface area contributed by atoms with Crippen LogP contribution in [0, 0.1) is 5.92 Å². The van der Waals surface area contributed by atoms with E-state index in [1.165, 1.54) is 0 Å². The van der Waals surface area contributed by atoms with Gasteiger partial charge >= 0.3 is 5.97 Å². The molecule has 0 aromatic rings. The summed E-state index contributed by atoms with van der Waals surface area (Å²) in [6.45, 7) is 2.15. The second kappa shape index (κ2) is 4.78. The molecule has 0 radical (unpaired) electrons. The van der Waals surface area contributed by atoms with E-state index >= 15 is 0 Å². The Labute approximate surface area is 85.1 Å². The van der Waals surface area contributed by atoms with Gasteiger partial charge in [0.05, 0.1) is 0 Å². The Kier molecular flexibility index (Phi) is 3.93. The molecule has 2 atom stereocenters. The van der Waals surface area contributed by atoms with Gasteiger partial charge in [0.2, 0.25) is 0 Å². The van der Waals surface area contributed by atoms with Crippen LogP contribution < -0.4 is 0 Å². The Bertz CT molecular complexity index is 203. The maximum absolute atomic E-state index is 10.8. The van der Waals surface area contributed by atoms with E-state index in [0.29, 0.717) is 18.8 Å². The van der Waals surface area contributed by atoms with Crippen LogP contribution in [0.1, 0.15) is 51.9 Å². The van der Waals surface area contributed by atoms with Gasteiger partial charge in [-0.05, 0) is 31.6 Å². The number of carbonyl (C=O) groups is 1. The zero-order valence-corrected chi connectivity index (χ0v) is 8.83. The fourth-order valence-electron chi connectivity index (χ4n) is 2.31. The standard InChI is InChI=1S/C11H20O3/c1-2-4-9-5-3-7-11(14,8-6-9)10(12)13/h9,14H,2-8H2,1H3,(H,12,13). The largest absolute Gasteiger partial charge is 0.479 e. The molecule has 0 heterocycles. The van der Waals surface area contributed by atoms with Gasteiger partial charge in [-0.3, -0.25) is 0 Å². The Morgan fingerprint density at radius 1 is 1.43 bits per heavy atom. The molecule has 3 nitrogen and oxygen atoms in total. The van der Waals surface area contributed by atoms with E-state index in [1.807, 2.05) is 0 Å². The first kappa shape index (κ1) is 11.5. The van der Waals surface area contributed by atoms with Gasteiger partial charge in [-0.15, -0.1) is 0 Å². The van der Waals surface area contributed by atoms with Crippen LogP contribution in [-0.2, 0) is 4.79 Å². The second-order valence-electron chi connectivity index (χ2n) is 4.42. The first-order valence-corrected chi connectivity index (χ1v) is 5.54. The van der Waals surface area contributed by atoms with Gasteiger partial charge in [-0.25, -0.2) is 4.79 Å². The maximum atomic E-state index is 10.8. The predicted octanol–water partition coefficient (Wildman–Crippen LogP) is 2.18. The van der Waals surface area contributed by atoms with Crippen molar-refractivity contribution >= 4 is 5.97 Å². The summed E-state index contributed by atoms with van der Waals surface area (Å²) in [5.74, 6) is -0.428. The Morgan fingerprint density at radius 2 is 2.14 bits per heavy atom. The topological polar surface area (TPSA) is 57.5 Å². The minimum atomic E-state index is -1.44. The van der Waals surface area contributed by atoms with Crippen molar-refractivity contribution in [2.45, 2.75) is 57.5 Å². The average Bonchev–Trinajstić information content (AvgIpc) is 2.30. The summed E-state index contributed by atoms with van der Waals surface area (Å²) in [6.07, 6.45) is 5.93. The Balaban J connectivity index is 2.52. The highest BCUT2D eigenvalue weighted by Crippen LogP contribution is 2.32. The molecule has 0 aliphatic heterocycles. The summed E-state index contributed by atoms with van der Waals surface area (Å²) in [5, 5.41) is 18.7. The molecular formula is C11H20O3. The quantitative estimate of drug-likeness (QED) is 0.686. The molecule has 0 aromatic heterocycles. The second-order valence-corrected chi connectivity index (χ2v) is 4.42. The van der Waals surface area contributed by atoms with Gasteiger partial charge in [0.15, 0.2) is 5.60 Å². The van der Waals surface area contributed by atoms with E-state index in [9.17, 15) is 9.90 Å². The molecule has 14 heavy (non-hydrogen) atoms. The summed E-state index contributed by atoms with van der Waals surface area (Å²) in [4.78, 5) is 10.8. The van der Waals surface area contributed by atoms with Gasteiger partial charge in [0.1, 0.15) is 0 Å². The summed E-state index contributed by atoms with van der Waals surface area (Å²) in [7, 11) is 0. The molecule has 0 bridgehead atoms. The van der Waals surface area contributed by atoms with E-state index in [2.05, 4.69) is 6.92 Å². The van der Waals surface area contributed by atoms with Crippen molar-refractivity contribution in [1.29, 1.82) is 0 Å². The molecule has 2 unspecified atom stereocenters. The molecule has 0 spiro atoms. The summed E-state index contributed by atoms with van der Waals surface area (Å²) in [5.41, 5.74) is -1.44. The van der Waals surface area contributed by atoms with Crippen molar-refractivity contribution in [3.63, 3.8) is 0 Å². The number of hydrogen-bond donors (Lipinski definition) is 2. The van der Waals surface area contributed by atoms with Gasteiger partial charge < -0.3 is 10.2 Å². The van der Waals surface area contributed by atoms with Crippen molar-refractivity contribution < 1.29 is 15.0 Å². The van der Waals surface area contributed by atoms with Crippen molar-refractivity contribution in [3.8, 4) is 0 Å². The lowest BCUT2D eigenvalue weighted by Crippen LogP contribution is -2.37. The maximum Gasteiger partial charge on any atom is 0.335 e. The smallest absolute Gasteiger partial charge is 0.335 e. The molecule has 1 aliphatic carbocycles. The monoisotopic (exact) mass is 200 g/mol. The van der Waals surface area contributed by atoms with Crippen LogP contribution in [0.2, 0.25) is 0 Å². The van der Waals surface area contributed by atoms with Crippen LogP contribution in [-0.4, -0.2) is 21.8 Å². The van der Waals surface area contributed by atoms with Gasteiger partial charge in [-0.2, -0.15) is 0 Å². The Morgan fingerprint density at radius 3 is 2.71 bits per heavy atom. The zero-order valence-electron chi connectivity index (χ0n) is 8.83. The molecule has 1 rings (SSSR count). The number of carboxylic acids is 1. The molecule has 1 aliphatic rings. The van der Waals surface area contributed by atoms with Crippen LogP contribution in [0.5, 0.6) is 0 Å². The molecule has 1 fully saturated rings. The van der Waals surface area contributed by atoms with Crippen LogP contribution in [0.15, 0.2) is 0 Å². The van der Waals surface area contributed by atoms with Crippen molar-refractivity contribution in [1.82, 2.24) is 0 Å². The van der Waals surface area contributed by atoms with E-state index in [0.717, 1.165) is 32.1 Å². The third kappa shape index (κ3) is 2.71. The molecule has 0 saturated heterocycles. The number of aliphatic carboxylic acids is 1. The molecule has 0 aromatic carbocycles. The fourth-order valence-corrected chi connectivity index (χ4v) is 2.31. The number of aliphatic hydroxyl groups is 1. The number of carboxylic acid groups (broad SMARTS) is 1. The molecule has 1 saturated carbocycles. The first-order chi connectivity index (χ1) is 6.58. The lowest BCUT2D eigenvalue weighted by Gasteiger charge is -2.20. The van der Waals surface area contributed by atoms with Crippen LogP contribution >= 0.6 is 0 Å². The molecule has 2 N–H and O–H groups in total. The van der Waals surface area contributed by atoms with E-state index in [1.54, 1.807) is 0 Å². The van der Waals surface area contributed by atoms with Crippen LogP contribution in [0.4, 0.5) is 0 Å². The third-order valence-electron chi connectivity index (χ3n) is 3.26. The van der Waals surface area contributed by atoms with Gasteiger partial charge in [-0.1, -0.05) is 26.2 Å². The molecule has 0 amide bonds. The molecular weight excluding hydrogens is 180 g/mol. The summed E-state index contributed by atoms with van der Waals surface area (Å²) in [6, 6.07) is 0. The average molecular weight is 200 g/mol. The van der Waals surface area contributed by atoms with E-state index < -0.39 is 11.6 Å². The Hall–Kier alpha value is -0.570. The minimum Gasteiger partial charge on any atom is -0.479 e. The lowest BCUT2D eigenvalue weighted by atomic mass is 9.92. The number of rotatable bonds is 3. The van der Waals surface area contributed by atoms with Gasteiger partial charge in [0, 0.05) is 0 Å². The third-order valence-corrected chi connectivity index (χ3v) is 3.26. The fraction of sp³-hybridized carbons (Fsp3) is 0.909. The predicted molar refractivity (Wildman–Crippen MR) is 54.1 cm³/mol. The summed E-state index contributed by atoms with van der Waals surface area (Å²) < 4.78 is 0. The zero-order chi connectivity index (χ0) is 10.6. The highest BCUT2D eigenvalue weighted by Gasteiger charge is 2.37. The highest BCUT2D eigenvalue weighted by molar-refractivity contribution is 5.77. The van der Waals surface area contributed by atoms with Crippen LogP contribution in [0.3, 0.4) is 0 Å². The van der Waals surface area contributed by atoms with Crippen molar-refractivity contribution in [2.75, 3.05) is 0 Å². The highest BCUT2D eigenvalue weighted by atomic mass is 16.4. The molecule has 3 heteroatoms. The number of hydrogen-bond acceptors (Lipinski definition) is 2. The van der Waals surface area contributed by atoms with Crippen molar-refractivity contribution in [3.05, 3.63) is 0 Å². The van der Waals surface area contributed by atoms with Crippen molar-refractivity contribution in [2.24, 2.45) is 5.92 Å². The summed E-state index contributed by atoms with van der Waals surface area (Å²) >= 11 is 0. The van der Waals surface area contributed by atoms with E-state index in [-0.39, 0.29) is 0 Å². The van der Waals surface area contributed by atoms with E-state index in [4.69, 9.17) is 5.11 Å². The molecule has 82 valence electrons. The SMILES string of the molecule is CCCC1CCCC(O)(C(=O)O)CC1.